The van der Waals surface area contributed by atoms with Gasteiger partial charge in [0.2, 0.25) is 5.91 Å². The number of amides is 1. The third-order valence-electron chi connectivity index (χ3n) is 4.24. The van der Waals surface area contributed by atoms with E-state index in [9.17, 15) is 14.0 Å². The molecular formula is C16H18ClFN4O2. The number of rotatable bonds is 6. The first-order valence-electron chi connectivity index (χ1n) is 7.82. The van der Waals surface area contributed by atoms with Crippen LogP contribution in [0.5, 0.6) is 0 Å². The summed E-state index contributed by atoms with van der Waals surface area (Å²) < 4.78 is 15.0. The first kappa shape index (κ1) is 16.9. The van der Waals surface area contributed by atoms with Crippen molar-refractivity contribution in [1.82, 2.24) is 9.55 Å². The van der Waals surface area contributed by atoms with Crippen LogP contribution < -0.4 is 17.0 Å². The Kier molecular flexibility index (Phi) is 4.56. The van der Waals surface area contributed by atoms with Gasteiger partial charge >= 0.3 is 0 Å². The van der Waals surface area contributed by atoms with Crippen LogP contribution in [0.4, 0.5) is 4.39 Å². The topological polar surface area (TPSA) is 104 Å². The summed E-state index contributed by atoms with van der Waals surface area (Å²) in [5, 5.41) is 0.182. The average Bonchev–Trinajstić information content (AvgIpc) is 3.33. The van der Waals surface area contributed by atoms with Crippen molar-refractivity contribution < 1.29 is 9.18 Å². The van der Waals surface area contributed by atoms with Crippen molar-refractivity contribution in [2.24, 2.45) is 17.4 Å². The molecule has 1 fully saturated rings. The fourth-order valence-corrected chi connectivity index (χ4v) is 3.06. The van der Waals surface area contributed by atoms with Crippen molar-refractivity contribution in [3.63, 3.8) is 0 Å². The van der Waals surface area contributed by atoms with Crippen molar-refractivity contribution in [1.29, 1.82) is 0 Å². The highest BCUT2D eigenvalue weighted by Crippen LogP contribution is 2.39. The van der Waals surface area contributed by atoms with Gasteiger partial charge in [-0.25, -0.2) is 9.37 Å². The zero-order valence-corrected chi connectivity index (χ0v) is 13.7. The van der Waals surface area contributed by atoms with Crippen LogP contribution in [0.25, 0.3) is 10.9 Å². The molecule has 1 saturated carbocycles. The van der Waals surface area contributed by atoms with Gasteiger partial charge < -0.3 is 11.5 Å². The molecule has 1 aliphatic carbocycles. The number of nitrogens with two attached hydrogens (primary N) is 2. The summed E-state index contributed by atoms with van der Waals surface area (Å²) in [6.45, 7) is 0.245. The predicted octanol–water partition coefficient (Wildman–Crippen LogP) is 1.86. The molecular weight excluding hydrogens is 335 g/mol. The van der Waals surface area contributed by atoms with Crippen molar-refractivity contribution in [3.05, 3.63) is 39.2 Å². The number of carbonyl (C=O) groups is 1. The molecule has 1 heterocycles. The lowest BCUT2D eigenvalue weighted by Gasteiger charge is -2.18. The highest BCUT2D eigenvalue weighted by Gasteiger charge is 2.33. The van der Waals surface area contributed by atoms with Gasteiger partial charge in [0.05, 0.1) is 22.0 Å². The fraction of sp³-hybridized carbons (Fsp3) is 0.438. The van der Waals surface area contributed by atoms with Gasteiger partial charge in [0.1, 0.15) is 11.6 Å². The molecule has 1 aromatic heterocycles. The maximum atomic E-state index is 13.6. The summed E-state index contributed by atoms with van der Waals surface area (Å²) in [5.41, 5.74) is 11.2. The number of primary amides is 1. The van der Waals surface area contributed by atoms with Crippen molar-refractivity contribution in [3.8, 4) is 0 Å². The van der Waals surface area contributed by atoms with E-state index in [0.29, 0.717) is 12.2 Å². The van der Waals surface area contributed by atoms with E-state index in [1.807, 2.05) is 0 Å². The summed E-state index contributed by atoms with van der Waals surface area (Å²) in [7, 11) is 0. The molecule has 0 aliphatic heterocycles. The second kappa shape index (κ2) is 6.49. The van der Waals surface area contributed by atoms with E-state index < -0.39 is 23.3 Å². The SMILES string of the molecule is NC(=O)CCCn1c([C@@H](N)C2CC2)nc2c(Cl)cc(F)cc2c1=O. The largest absolute Gasteiger partial charge is 0.370 e. The molecule has 0 bridgehead atoms. The molecule has 0 unspecified atom stereocenters. The maximum absolute atomic E-state index is 13.6. The lowest BCUT2D eigenvalue weighted by molar-refractivity contribution is -0.118. The van der Waals surface area contributed by atoms with Gasteiger partial charge in [0.25, 0.3) is 5.56 Å². The number of halogens is 2. The van der Waals surface area contributed by atoms with Crippen molar-refractivity contribution >= 4 is 28.4 Å². The number of carbonyl (C=O) groups excluding carboxylic acids is 1. The Labute approximate surface area is 142 Å². The third-order valence-corrected chi connectivity index (χ3v) is 4.53. The lowest BCUT2D eigenvalue weighted by atomic mass is 10.1. The first-order valence-corrected chi connectivity index (χ1v) is 8.19. The van der Waals surface area contributed by atoms with Crippen LogP contribution >= 0.6 is 11.6 Å². The third kappa shape index (κ3) is 3.27. The first-order chi connectivity index (χ1) is 11.4. The summed E-state index contributed by atoms with van der Waals surface area (Å²) in [5.74, 6) is -0.350. The van der Waals surface area contributed by atoms with E-state index in [0.717, 1.165) is 25.0 Å². The molecule has 1 amide bonds. The number of benzene rings is 1. The van der Waals surface area contributed by atoms with Gasteiger partial charge in [-0.05, 0) is 37.3 Å². The molecule has 3 rings (SSSR count). The number of nitrogens with zero attached hydrogens (tertiary/aromatic N) is 2. The number of hydrogen-bond donors (Lipinski definition) is 2. The Morgan fingerprint density at radius 2 is 2.17 bits per heavy atom. The minimum atomic E-state index is -0.602. The van der Waals surface area contributed by atoms with Gasteiger partial charge in [0, 0.05) is 13.0 Å². The molecule has 2 aromatic rings. The zero-order chi connectivity index (χ0) is 17.4. The molecule has 6 nitrogen and oxygen atoms in total. The molecule has 8 heteroatoms. The average molecular weight is 353 g/mol. The Balaban J connectivity index is 2.13. The van der Waals surface area contributed by atoms with E-state index >= 15 is 0 Å². The molecule has 0 saturated heterocycles. The molecule has 24 heavy (non-hydrogen) atoms. The molecule has 4 N–H and O–H groups in total. The number of aromatic nitrogens is 2. The summed E-state index contributed by atoms with van der Waals surface area (Å²) in [4.78, 5) is 28.2. The van der Waals surface area contributed by atoms with Crippen LogP contribution in [0.3, 0.4) is 0 Å². The Morgan fingerprint density at radius 3 is 2.79 bits per heavy atom. The second-order valence-electron chi connectivity index (χ2n) is 6.14. The minimum Gasteiger partial charge on any atom is -0.370 e. The molecule has 0 radical (unpaired) electrons. The van der Waals surface area contributed by atoms with Crippen LogP contribution in [0.15, 0.2) is 16.9 Å². The molecule has 0 spiro atoms. The summed E-state index contributed by atoms with van der Waals surface area (Å²) in [6, 6.07) is 1.85. The van der Waals surface area contributed by atoms with Gasteiger partial charge in [0.15, 0.2) is 0 Å². The van der Waals surface area contributed by atoms with Gasteiger partial charge in [-0.2, -0.15) is 0 Å². The Bertz CT molecular complexity index is 863. The monoisotopic (exact) mass is 352 g/mol. The van der Waals surface area contributed by atoms with Crippen molar-refractivity contribution in [2.45, 2.75) is 38.3 Å². The van der Waals surface area contributed by atoms with E-state index in [2.05, 4.69) is 4.98 Å². The summed E-state index contributed by atoms with van der Waals surface area (Å²) in [6.07, 6.45) is 2.49. The van der Waals surface area contributed by atoms with Gasteiger partial charge in [-0.15, -0.1) is 0 Å². The second-order valence-corrected chi connectivity index (χ2v) is 6.55. The quantitative estimate of drug-likeness (QED) is 0.827. The highest BCUT2D eigenvalue weighted by atomic mass is 35.5. The van der Waals surface area contributed by atoms with Crippen LogP contribution in [-0.2, 0) is 11.3 Å². The van der Waals surface area contributed by atoms with Crippen LogP contribution in [0.1, 0.15) is 37.5 Å². The summed E-state index contributed by atoms with van der Waals surface area (Å²) >= 11 is 6.05. The molecule has 1 atom stereocenters. The Morgan fingerprint density at radius 1 is 1.46 bits per heavy atom. The van der Waals surface area contributed by atoms with Crippen LogP contribution in [-0.4, -0.2) is 15.5 Å². The molecule has 128 valence electrons. The smallest absolute Gasteiger partial charge is 0.261 e. The number of fused-ring (bicyclic) bond motifs is 1. The van der Waals surface area contributed by atoms with Crippen LogP contribution in [0.2, 0.25) is 5.02 Å². The molecule has 1 aromatic carbocycles. The zero-order valence-electron chi connectivity index (χ0n) is 13.0. The van der Waals surface area contributed by atoms with Gasteiger partial charge in [-0.3, -0.25) is 14.2 Å². The lowest BCUT2D eigenvalue weighted by Crippen LogP contribution is -2.31. The molecule has 1 aliphatic rings. The van der Waals surface area contributed by atoms with E-state index in [-0.39, 0.29) is 34.8 Å². The van der Waals surface area contributed by atoms with E-state index in [1.54, 1.807) is 0 Å². The normalized spacial score (nSPS) is 15.6. The number of hydrogen-bond acceptors (Lipinski definition) is 4. The standard InChI is InChI=1S/C16H18ClFN4O2/c17-11-7-9(18)6-10-14(11)21-15(13(20)8-3-4-8)22(16(10)24)5-1-2-12(19)23/h6-8,13H,1-5,20H2,(H2,19,23)/t13-/m0/s1. The van der Waals surface area contributed by atoms with E-state index in [4.69, 9.17) is 23.1 Å². The Hall–Kier alpha value is -1.99. The highest BCUT2D eigenvalue weighted by molar-refractivity contribution is 6.35. The fourth-order valence-electron chi connectivity index (χ4n) is 2.82. The van der Waals surface area contributed by atoms with Crippen molar-refractivity contribution in [2.75, 3.05) is 0 Å². The minimum absolute atomic E-state index is 0.0793. The predicted molar refractivity (Wildman–Crippen MR) is 89.1 cm³/mol. The maximum Gasteiger partial charge on any atom is 0.261 e. The van der Waals surface area contributed by atoms with Crippen LogP contribution in [0, 0.1) is 11.7 Å². The van der Waals surface area contributed by atoms with E-state index in [1.165, 1.54) is 4.57 Å². The van der Waals surface area contributed by atoms with Gasteiger partial charge in [-0.1, -0.05) is 11.6 Å².